The summed E-state index contributed by atoms with van der Waals surface area (Å²) >= 11 is 0. The van der Waals surface area contributed by atoms with Gasteiger partial charge in [-0.15, -0.1) is 0 Å². The highest BCUT2D eigenvalue weighted by Crippen LogP contribution is 2.30. The number of carbonyl (C=O) groups is 1. The molecule has 1 N–H and O–H groups in total. The zero-order chi connectivity index (χ0) is 26.0. The highest BCUT2D eigenvalue weighted by atomic mass is 32.2. The number of amides is 1. The van der Waals surface area contributed by atoms with E-state index in [2.05, 4.69) is 28.5 Å². The average molecular weight is 509 g/mol. The molecule has 1 aliphatic rings. The lowest BCUT2D eigenvalue weighted by atomic mass is 10.00. The van der Waals surface area contributed by atoms with Crippen molar-refractivity contribution in [1.29, 1.82) is 0 Å². The van der Waals surface area contributed by atoms with Crippen molar-refractivity contribution in [2.45, 2.75) is 58.5 Å². The molecule has 3 aromatic rings. The van der Waals surface area contributed by atoms with Crippen molar-refractivity contribution in [3.63, 3.8) is 0 Å². The maximum absolute atomic E-state index is 13.3. The summed E-state index contributed by atoms with van der Waals surface area (Å²) in [4.78, 5) is 23.4. The van der Waals surface area contributed by atoms with E-state index in [1.165, 1.54) is 13.0 Å². The minimum absolute atomic E-state index is 0.0707. The van der Waals surface area contributed by atoms with Crippen LogP contribution in [0.3, 0.4) is 0 Å². The zero-order valence-corrected chi connectivity index (χ0v) is 22.1. The molecule has 0 aliphatic carbocycles. The number of aromatic nitrogens is 2. The van der Waals surface area contributed by atoms with Crippen LogP contribution in [0.5, 0.6) is 5.88 Å². The summed E-state index contributed by atoms with van der Waals surface area (Å²) in [5.74, 6) is 0.378. The van der Waals surface area contributed by atoms with Crippen LogP contribution in [-0.4, -0.2) is 41.8 Å². The number of carbonyl (C=O) groups excluding carboxylic acids is 1. The van der Waals surface area contributed by atoms with Crippen LogP contribution >= 0.6 is 0 Å². The molecule has 0 radical (unpaired) electrons. The SMILES string of the molecule is CC(=O)N1Cc2cccc(c2)S(=O)(=O)Nc2nc(cc(-c3c(C)cccc3C)n2)OC[C@H]1CC(C)C. The molecular formula is C27H32N4O4S. The normalized spacial score (nSPS) is 17.3. The molecule has 0 spiro atoms. The molecule has 0 unspecified atom stereocenters. The Bertz CT molecular complexity index is 1370. The highest BCUT2D eigenvalue weighted by Gasteiger charge is 2.26. The summed E-state index contributed by atoms with van der Waals surface area (Å²) in [5.41, 5.74) is 4.16. The number of nitrogens with one attached hydrogen (secondary N) is 1. The van der Waals surface area contributed by atoms with Crippen LogP contribution in [0, 0.1) is 19.8 Å². The van der Waals surface area contributed by atoms with Gasteiger partial charge in [-0.25, -0.2) is 18.1 Å². The van der Waals surface area contributed by atoms with Gasteiger partial charge in [0.1, 0.15) is 6.61 Å². The predicted molar refractivity (Wildman–Crippen MR) is 139 cm³/mol. The van der Waals surface area contributed by atoms with E-state index in [0.717, 1.165) is 23.1 Å². The van der Waals surface area contributed by atoms with Crippen molar-refractivity contribution in [2.24, 2.45) is 5.92 Å². The van der Waals surface area contributed by atoms with E-state index in [0.29, 0.717) is 17.2 Å². The zero-order valence-electron chi connectivity index (χ0n) is 21.3. The van der Waals surface area contributed by atoms with Crippen molar-refractivity contribution in [2.75, 3.05) is 11.3 Å². The van der Waals surface area contributed by atoms with Gasteiger partial charge >= 0.3 is 0 Å². The summed E-state index contributed by atoms with van der Waals surface area (Å²) < 4.78 is 35.2. The smallest absolute Gasteiger partial charge is 0.264 e. The number of sulfonamides is 1. The molecule has 0 saturated heterocycles. The third-order valence-electron chi connectivity index (χ3n) is 6.24. The second-order valence-corrected chi connectivity index (χ2v) is 11.4. The Morgan fingerprint density at radius 3 is 2.47 bits per heavy atom. The van der Waals surface area contributed by atoms with Crippen LogP contribution in [0.1, 0.15) is 43.9 Å². The number of rotatable bonds is 3. The van der Waals surface area contributed by atoms with E-state index >= 15 is 0 Å². The maximum atomic E-state index is 13.3. The van der Waals surface area contributed by atoms with Gasteiger partial charge in [0.25, 0.3) is 10.0 Å². The molecule has 0 fully saturated rings. The first-order chi connectivity index (χ1) is 17.0. The van der Waals surface area contributed by atoms with Crippen molar-refractivity contribution in [3.05, 3.63) is 65.2 Å². The third kappa shape index (κ3) is 5.67. The summed E-state index contributed by atoms with van der Waals surface area (Å²) in [6.45, 7) is 10.2. The van der Waals surface area contributed by atoms with Crippen molar-refractivity contribution in [3.8, 4) is 17.1 Å². The van der Waals surface area contributed by atoms with Crippen molar-refractivity contribution in [1.82, 2.24) is 14.9 Å². The van der Waals surface area contributed by atoms with E-state index in [1.807, 2.05) is 38.1 Å². The van der Waals surface area contributed by atoms with Gasteiger partial charge in [0.2, 0.25) is 17.7 Å². The summed E-state index contributed by atoms with van der Waals surface area (Å²) in [6, 6.07) is 14.0. The number of fused-ring (bicyclic) bond motifs is 4. The number of hydrogen-bond donors (Lipinski definition) is 1. The first kappa shape index (κ1) is 25.6. The lowest BCUT2D eigenvalue weighted by molar-refractivity contribution is -0.133. The van der Waals surface area contributed by atoms with Gasteiger partial charge in [0.05, 0.1) is 16.6 Å². The van der Waals surface area contributed by atoms with Gasteiger partial charge < -0.3 is 9.64 Å². The van der Waals surface area contributed by atoms with Crippen LogP contribution in [0.25, 0.3) is 11.3 Å². The Morgan fingerprint density at radius 2 is 1.81 bits per heavy atom. The van der Waals surface area contributed by atoms with Crippen molar-refractivity contribution >= 4 is 21.9 Å². The standard InChI is InChI=1S/C27H32N4O4S/c1-17(2)12-22-16-35-25-14-24(26-18(3)8-6-9-19(26)4)28-27(29-25)30-36(33,34)23-11-7-10-21(13-23)15-31(22)20(5)32/h6-11,13-14,17,22H,12,15-16H2,1-5H3,(H,28,29,30)/t22-/m1/s1. The molecule has 0 saturated carbocycles. The van der Waals surface area contributed by atoms with Crippen LogP contribution in [-0.2, 0) is 21.4 Å². The van der Waals surface area contributed by atoms with E-state index in [1.54, 1.807) is 23.1 Å². The highest BCUT2D eigenvalue weighted by molar-refractivity contribution is 7.92. The van der Waals surface area contributed by atoms with E-state index in [-0.39, 0.29) is 41.8 Å². The molecule has 8 nitrogen and oxygen atoms in total. The van der Waals surface area contributed by atoms with E-state index in [9.17, 15) is 13.2 Å². The quantitative estimate of drug-likeness (QED) is 0.550. The molecule has 1 aliphatic heterocycles. The second kappa shape index (κ2) is 10.3. The fourth-order valence-corrected chi connectivity index (χ4v) is 5.60. The lowest BCUT2D eigenvalue weighted by Crippen LogP contribution is -2.43. The minimum Gasteiger partial charge on any atom is -0.475 e. The molecule has 9 heteroatoms. The average Bonchev–Trinajstić information content (AvgIpc) is 2.79. The molecule has 1 amide bonds. The monoisotopic (exact) mass is 508 g/mol. The van der Waals surface area contributed by atoms with Crippen LogP contribution in [0.4, 0.5) is 5.95 Å². The largest absolute Gasteiger partial charge is 0.475 e. The maximum Gasteiger partial charge on any atom is 0.264 e. The first-order valence-corrected chi connectivity index (χ1v) is 13.5. The van der Waals surface area contributed by atoms with Gasteiger partial charge in [0.15, 0.2) is 0 Å². The van der Waals surface area contributed by atoms with Crippen LogP contribution in [0.2, 0.25) is 0 Å². The van der Waals surface area contributed by atoms with Gasteiger partial charge in [0, 0.05) is 25.1 Å². The number of anilines is 1. The summed E-state index contributed by atoms with van der Waals surface area (Å²) in [6.07, 6.45) is 0.720. The fourth-order valence-electron chi connectivity index (χ4n) is 4.59. The third-order valence-corrected chi connectivity index (χ3v) is 7.57. The second-order valence-electron chi connectivity index (χ2n) is 9.68. The molecule has 2 aromatic carbocycles. The Balaban J connectivity index is 1.89. The Labute approximate surface area is 212 Å². The Morgan fingerprint density at radius 1 is 1.11 bits per heavy atom. The number of benzene rings is 2. The fraction of sp³-hybridized carbons (Fsp3) is 0.370. The Kier molecular flexibility index (Phi) is 7.31. The molecule has 190 valence electrons. The van der Waals surface area contributed by atoms with Gasteiger partial charge in [-0.1, -0.05) is 44.2 Å². The number of nitrogens with zero attached hydrogens (tertiary/aromatic N) is 3. The minimum atomic E-state index is -3.98. The van der Waals surface area contributed by atoms with Crippen LogP contribution < -0.4 is 9.46 Å². The van der Waals surface area contributed by atoms with E-state index < -0.39 is 10.0 Å². The van der Waals surface area contributed by atoms with Crippen LogP contribution in [0.15, 0.2) is 53.4 Å². The van der Waals surface area contributed by atoms with Crippen molar-refractivity contribution < 1.29 is 17.9 Å². The molecule has 1 atom stereocenters. The van der Waals surface area contributed by atoms with E-state index in [4.69, 9.17) is 4.74 Å². The lowest BCUT2D eigenvalue weighted by Gasteiger charge is -2.32. The predicted octanol–water partition coefficient (Wildman–Crippen LogP) is 4.72. The summed E-state index contributed by atoms with van der Waals surface area (Å²) in [7, 11) is -3.98. The summed E-state index contributed by atoms with van der Waals surface area (Å²) in [5, 5.41) is 0. The molecule has 4 bridgehead atoms. The first-order valence-electron chi connectivity index (χ1n) is 12.0. The number of ether oxygens (including phenoxy) is 1. The van der Waals surface area contributed by atoms with Gasteiger partial charge in [-0.2, -0.15) is 4.98 Å². The molecular weight excluding hydrogens is 476 g/mol. The number of aryl methyl sites for hydroxylation is 2. The van der Waals surface area contributed by atoms with Gasteiger partial charge in [-0.3, -0.25) is 4.79 Å². The number of hydrogen-bond acceptors (Lipinski definition) is 6. The molecule has 36 heavy (non-hydrogen) atoms. The molecule has 4 rings (SSSR count). The molecule has 2 heterocycles. The topological polar surface area (TPSA) is 101 Å². The Hall–Kier alpha value is -3.46. The molecule has 1 aromatic heterocycles. The van der Waals surface area contributed by atoms with Gasteiger partial charge in [-0.05, 0) is 55.0 Å².